The van der Waals surface area contributed by atoms with Crippen LogP contribution in [-0.2, 0) is 35.8 Å². The highest BCUT2D eigenvalue weighted by Gasteiger charge is 2.57. The number of allylic oxidation sites excluding steroid dienone is 2. The lowest BCUT2D eigenvalue weighted by molar-refractivity contribution is -0.129. The summed E-state index contributed by atoms with van der Waals surface area (Å²) in [5.41, 5.74) is 6.99. The summed E-state index contributed by atoms with van der Waals surface area (Å²) in [4.78, 5) is 67.2. The van der Waals surface area contributed by atoms with Gasteiger partial charge in [-0.25, -0.2) is 0 Å². The molecule has 72 heavy (non-hydrogen) atoms. The molecule has 0 radical (unpaired) electrons. The van der Waals surface area contributed by atoms with Crippen molar-refractivity contribution in [3.8, 4) is 0 Å². The van der Waals surface area contributed by atoms with E-state index >= 15 is 0 Å². The van der Waals surface area contributed by atoms with Crippen LogP contribution in [0.3, 0.4) is 0 Å². The SMILES string of the molecule is C/C=C/c1ccc2n(c1=O)C[C@@H]1[C@@H](CO)[C@H](C(=O)N[C@H](C)c3ccccc3)[C@H]2N1Cc1ccncc1.C/C=C\c1ccc2n(c1=O)C[C@@H]1[C@@H](CO)[C@H](C(=O)N[C@H](C)c3ccccc3)[C@H]2N1Cc1ccncc1. The third-order valence-corrected chi connectivity index (χ3v) is 15.2. The van der Waals surface area contributed by atoms with Gasteiger partial charge in [-0.3, -0.25) is 38.9 Å². The van der Waals surface area contributed by atoms with Crippen molar-refractivity contribution in [2.45, 2.75) is 90.1 Å². The summed E-state index contributed by atoms with van der Waals surface area (Å²) in [6.45, 7) is 9.55. The highest BCUT2D eigenvalue weighted by Crippen LogP contribution is 2.50. The molecule has 14 nitrogen and oxygen atoms in total. The molecule has 0 spiro atoms. The largest absolute Gasteiger partial charge is 0.396 e. The van der Waals surface area contributed by atoms with Crippen LogP contribution in [-0.4, -0.2) is 76.2 Å². The molecule has 2 aromatic carbocycles. The minimum absolute atomic E-state index is 0.0560. The fourth-order valence-electron chi connectivity index (χ4n) is 11.8. The molecule has 2 amide bonds. The van der Waals surface area contributed by atoms with Crippen molar-refractivity contribution in [2.24, 2.45) is 23.7 Å². The van der Waals surface area contributed by atoms with Crippen LogP contribution in [0.25, 0.3) is 12.2 Å². The molecule has 0 unspecified atom stereocenters. The fraction of sp³-hybridized carbons (Fsp3) is 0.345. The van der Waals surface area contributed by atoms with Crippen LogP contribution < -0.4 is 21.8 Å². The molecular weight excluding hydrogens is 905 g/mol. The van der Waals surface area contributed by atoms with Gasteiger partial charge in [0, 0.05) is 111 Å². The summed E-state index contributed by atoms with van der Waals surface area (Å²) in [5, 5.41) is 27.5. The second-order valence-corrected chi connectivity index (χ2v) is 19.4. The predicted molar refractivity (Wildman–Crippen MR) is 278 cm³/mol. The summed E-state index contributed by atoms with van der Waals surface area (Å²) in [5.74, 6) is -1.79. The van der Waals surface area contributed by atoms with E-state index in [9.17, 15) is 29.4 Å². The van der Waals surface area contributed by atoms with Gasteiger partial charge in [0.1, 0.15) is 0 Å². The van der Waals surface area contributed by atoms with Gasteiger partial charge < -0.3 is 30.0 Å². The summed E-state index contributed by atoms with van der Waals surface area (Å²) < 4.78 is 3.62. The van der Waals surface area contributed by atoms with Crippen molar-refractivity contribution in [3.05, 3.63) is 212 Å². The number of fused-ring (bicyclic) bond motifs is 8. The lowest BCUT2D eigenvalue weighted by Crippen LogP contribution is -2.46. The van der Waals surface area contributed by atoms with E-state index in [0.29, 0.717) is 37.3 Å². The van der Waals surface area contributed by atoms with Gasteiger partial charge >= 0.3 is 0 Å². The number of nitrogens with zero attached hydrogens (tertiary/aromatic N) is 6. The van der Waals surface area contributed by atoms with Crippen molar-refractivity contribution in [1.82, 2.24) is 39.5 Å². The zero-order valence-corrected chi connectivity index (χ0v) is 41.2. The first-order valence-corrected chi connectivity index (χ1v) is 25.0. The Hall–Kier alpha value is -7.10. The van der Waals surface area contributed by atoms with Crippen LogP contribution in [0.4, 0.5) is 0 Å². The molecule has 372 valence electrons. The monoisotopic (exact) mass is 968 g/mol. The molecule has 0 aliphatic carbocycles. The third-order valence-electron chi connectivity index (χ3n) is 15.2. The van der Waals surface area contributed by atoms with Gasteiger partial charge in [-0.05, 0) is 98.5 Å². The van der Waals surface area contributed by atoms with Crippen molar-refractivity contribution in [2.75, 3.05) is 13.2 Å². The molecule has 6 aromatic rings. The first kappa shape index (κ1) is 49.9. The van der Waals surface area contributed by atoms with Crippen LogP contribution in [0, 0.1) is 23.7 Å². The van der Waals surface area contributed by atoms with E-state index in [0.717, 1.165) is 33.6 Å². The number of nitrogens with one attached hydrogen (secondary N) is 2. The highest BCUT2D eigenvalue weighted by molar-refractivity contribution is 5.82. The average Bonchev–Trinajstić information content (AvgIpc) is 3.74. The Balaban J connectivity index is 0.000000178. The predicted octanol–water partition coefficient (Wildman–Crippen LogP) is 6.64. The zero-order valence-electron chi connectivity index (χ0n) is 41.2. The summed E-state index contributed by atoms with van der Waals surface area (Å²) in [6.07, 6.45) is 14.4. The Morgan fingerprint density at radius 3 is 1.31 bits per heavy atom. The van der Waals surface area contributed by atoms with Crippen LogP contribution in [0.2, 0.25) is 0 Å². The molecule has 10 rings (SSSR count). The number of benzene rings is 2. The minimum atomic E-state index is -0.492. The summed E-state index contributed by atoms with van der Waals surface area (Å²) in [6, 6.07) is 33.9. The second-order valence-electron chi connectivity index (χ2n) is 19.4. The van der Waals surface area contributed by atoms with Gasteiger partial charge in [0.2, 0.25) is 11.8 Å². The lowest BCUT2D eigenvalue weighted by Gasteiger charge is -2.38. The van der Waals surface area contributed by atoms with Gasteiger partial charge in [0.25, 0.3) is 11.1 Å². The Morgan fingerprint density at radius 2 is 0.958 bits per heavy atom. The van der Waals surface area contributed by atoms with Crippen molar-refractivity contribution in [3.63, 3.8) is 0 Å². The van der Waals surface area contributed by atoms with Crippen molar-refractivity contribution < 1.29 is 19.8 Å². The Morgan fingerprint density at radius 1 is 0.583 bits per heavy atom. The zero-order chi connectivity index (χ0) is 50.5. The first-order chi connectivity index (χ1) is 35.1. The summed E-state index contributed by atoms with van der Waals surface area (Å²) >= 11 is 0. The molecule has 4 aliphatic rings. The van der Waals surface area contributed by atoms with E-state index in [1.165, 1.54) is 0 Å². The minimum Gasteiger partial charge on any atom is -0.396 e. The number of carbonyl (C=O) groups excluding carboxylic acids is 2. The first-order valence-electron chi connectivity index (χ1n) is 25.0. The Labute approximate surface area is 420 Å². The standard InChI is InChI=1S/2C29H32N4O3/c2*1-3-7-22-10-11-24-27-26(28(35)31-19(2)21-8-5-4-6-9-21)23(18-34)25(17-33(24)29(22)36)32(27)16-20-12-14-30-15-13-20/h2*3-15,19,23,25-27,34H,16-18H2,1-2H3,(H,31,35)/b7-3+;7-3-/t2*19-,23-,25-,26+,27+/m11/s1. The molecule has 2 saturated heterocycles. The fourth-order valence-corrected chi connectivity index (χ4v) is 11.8. The molecule has 2 fully saturated rings. The van der Waals surface area contributed by atoms with Crippen molar-refractivity contribution in [1.29, 1.82) is 0 Å². The van der Waals surface area contributed by atoms with Gasteiger partial charge in [0.15, 0.2) is 0 Å². The van der Waals surface area contributed by atoms with Gasteiger partial charge in [-0.15, -0.1) is 0 Å². The number of pyridine rings is 4. The molecule has 8 heterocycles. The number of rotatable bonds is 14. The number of aliphatic hydroxyl groups is 2. The Bertz CT molecular complexity index is 2810. The molecule has 4 N–H and O–H groups in total. The van der Waals surface area contributed by atoms with Crippen LogP contribution in [0.5, 0.6) is 0 Å². The second kappa shape index (κ2) is 22.1. The molecule has 10 atom stereocenters. The average molecular weight is 969 g/mol. The molecule has 14 heteroatoms. The van der Waals surface area contributed by atoms with Crippen LogP contribution in [0.15, 0.2) is 156 Å². The highest BCUT2D eigenvalue weighted by atomic mass is 16.3. The normalized spacial score (nSPS) is 24.0. The quantitative estimate of drug-likeness (QED) is 0.0928. The van der Waals surface area contributed by atoms with E-state index in [1.807, 2.05) is 170 Å². The number of amides is 2. The van der Waals surface area contributed by atoms with E-state index in [4.69, 9.17) is 0 Å². The van der Waals surface area contributed by atoms with Crippen LogP contribution in [0.1, 0.15) is 96.6 Å². The number of hydrogen-bond acceptors (Lipinski definition) is 10. The van der Waals surface area contributed by atoms with E-state index in [-0.39, 0.29) is 84.2 Å². The number of aliphatic hydroxyl groups excluding tert-OH is 2. The number of carbonyl (C=O) groups is 2. The molecule has 4 bridgehead atoms. The topological polar surface area (TPSA) is 175 Å². The third kappa shape index (κ3) is 9.79. The van der Waals surface area contributed by atoms with E-state index in [1.54, 1.807) is 24.8 Å². The molecule has 4 aliphatic heterocycles. The molecule has 4 aromatic heterocycles. The van der Waals surface area contributed by atoms with Gasteiger partial charge in [-0.1, -0.05) is 85.0 Å². The summed E-state index contributed by atoms with van der Waals surface area (Å²) in [7, 11) is 0. The van der Waals surface area contributed by atoms with E-state index < -0.39 is 11.8 Å². The van der Waals surface area contributed by atoms with Gasteiger partial charge in [0.05, 0.1) is 36.0 Å². The molecular formula is C58H64N8O6. The Kier molecular flexibility index (Phi) is 15.3. The number of aromatic nitrogens is 4. The molecule has 0 saturated carbocycles. The van der Waals surface area contributed by atoms with Gasteiger partial charge in [-0.2, -0.15) is 0 Å². The maximum Gasteiger partial charge on any atom is 0.258 e. The van der Waals surface area contributed by atoms with E-state index in [2.05, 4.69) is 30.4 Å². The maximum absolute atomic E-state index is 13.8. The van der Waals surface area contributed by atoms with Crippen molar-refractivity contribution >= 4 is 24.0 Å². The smallest absolute Gasteiger partial charge is 0.258 e. The maximum atomic E-state index is 13.8. The lowest BCUT2D eigenvalue weighted by atomic mass is 9.86. The van der Waals surface area contributed by atoms with Crippen LogP contribution >= 0.6 is 0 Å². The number of hydrogen-bond donors (Lipinski definition) is 4.